The van der Waals surface area contributed by atoms with E-state index in [9.17, 15) is 18.0 Å². The summed E-state index contributed by atoms with van der Waals surface area (Å²) in [6.45, 7) is 3.67. The van der Waals surface area contributed by atoms with Crippen LogP contribution in [0.15, 0.2) is 42.5 Å². The lowest BCUT2D eigenvalue weighted by molar-refractivity contribution is -0.140. The second kappa shape index (κ2) is 11.0. The van der Waals surface area contributed by atoms with Gasteiger partial charge in [0.15, 0.2) is 11.5 Å². The first kappa shape index (κ1) is 25.6. The molecule has 9 nitrogen and oxygen atoms in total. The predicted molar refractivity (Wildman–Crippen MR) is 130 cm³/mol. The van der Waals surface area contributed by atoms with Crippen LogP contribution < -0.4 is 19.1 Å². The number of carbonyl (C=O) groups is 2. The van der Waals surface area contributed by atoms with Gasteiger partial charge < -0.3 is 19.7 Å². The fourth-order valence-corrected chi connectivity index (χ4v) is 4.62. The highest BCUT2D eigenvalue weighted by molar-refractivity contribution is 7.92. The number of sulfonamides is 1. The number of rotatable bonds is 10. The molecule has 0 aliphatic carbocycles. The first-order valence-electron chi connectivity index (χ1n) is 10.8. The van der Waals surface area contributed by atoms with E-state index in [1.54, 1.807) is 50.2 Å². The van der Waals surface area contributed by atoms with Crippen LogP contribution in [-0.2, 0) is 26.2 Å². The zero-order valence-corrected chi connectivity index (χ0v) is 20.9. The molecule has 0 unspecified atom stereocenters. The van der Waals surface area contributed by atoms with Crippen LogP contribution >= 0.6 is 11.6 Å². The van der Waals surface area contributed by atoms with Crippen molar-refractivity contribution >= 4 is 39.1 Å². The molecule has 0 radical (unpaired) electrons. The summed E-state index contributed by atoms with van der Waals surface area (Å²) in [7, 11) is -3.83. The molecule has 0 spiro atoms. The molecule has 1 aliphatic heterocycles. The van der Waals surface area contributed by atoms with E-state index in [0.29, 0.717) is 29.5 Å². The van der Waals surface area contributed by atoms with Gasteiger partial charge in [0.1, 0.15) is 12.6 Å². The first-order valence-corrected chi connectivity index (χ1v) is 13.1. The van der Waals surface area contributed by atoms with Crippen molar-refractivity contribution in [1.29, 1.82) is 0 Å². The number of nitrogens with zero attached hydrogens (tertiary/aromatic N) is 2. The van der Waals surface area contributed by atoms with E-state index in [-0.39, 0.29) is 24.9 Å². The van der Waals surface area contributed by atoms with Crippen LogP contribution in [0.25, 0.3) is 0 Å². The van der Waals surface area contributed by atoms with Gasteiger partial charge in [-0.1, -0.05) is 30.7 Å². The third-order valence-electron chi connectivity index (χ3n) is 5.33. The lowest BCUT2D eigenvalue weighted by Gasteiger charge is -2.32. The molecule has 0 aromatic heterocycles. The third-order valence-corrected chi connectivity index (χ3v) is 6.72. The van der Waals surface area contributed by atoms with E-state index in [1.165, 1.54) is 11.0 Å². The number of likely N-dealkylation sites (N-methyl/N-ethyl adjacent to an activating group) is 1. The molecule has 2 amide bonds. The second-order valence-corrected chi connectivity index (χ2v) is 10.1. The number of nitrogens with one attached hydrogen (secondary N) is 1. The Kier molecular flexibility index (Phi) is 8.27. The quantitative estimate of drug-likeness (QED) is 0.528. The summed E-state index contributed by atoms with van der Waals surface area (Å²) in [6, 6.07) is 10.8. The monoisotopic (exact) mass is 509 g/mol. The molecule has 1 atom stereocenters. The van der Waals surface area contributed by atoms with E-state index >= 15 is 0 Å². The Balaban J connectivity index is 1.93. The summed E-state index contributed by atoms with van der Waals surface area (Å²) < 4.78 is 36.9. The molecule has 0 fully saturated rings. The Morgan fingerprint density at radius 2 is 1.76 bits per heavy atom. The van der Waals surface area contributed by atoms with Crippen molar-refractivity contribution in [2.75, 3.05) is 30.4 Å². The molecule has 2 aromatic rings. The molecule has 1 aliphatic rings. The maximum absolute atomic E-state index is 13.5. The zero-order valence-electron chi connectivity index (χ0n) is 19.3. The van der Waals surface area contributed by atoms with Crippen LogP contribution in [0.3, 0.4) is 0 Å². The zero-order chi connectivity index (χ0) is 24.9. The minimum Gasteiger partial charge on any atom is -0.454 e. The van der Waals surface area contributed by atoms with Gasteiger partial charge in [0, 0.05) is 24.2 Å². The van der Waals surface area contributed by atoms with Gasteiger partial charge in [0.25, 0.3) is 0 Å². The number of halogens is 1. The average molecular weight is 510 g/mol. The number of hydrogen-bond acceptors (Lipinski definition) is 6. The molecule has 0 saturated carbocycles. The number of hydrogen-bond donors (Lipinski definition) is 1. The van der Waals surface area contributed by atoms with Gasteiger partial charge >= 0.3 is 0 Å². The maximum Gasteiger partial charge on any atom is 0.244 e. The summed E-state index contributed by atoms with van der Waals surface area (Å²) in [5.41, 5.74) is 1.02. The smallest absolute Gasteiger partial charge is 0.244 e. The van der Waals surface area contributed by atoms with Crippen molar-refractivity contribution in [3.63, 3.8) is 0 Å². The lowest BCUT2D eigenvalue weighted by atomic mass is 10.1. The van der Waals surface area contributed by atoms with Gasteiger partial charge in [0.05, 0.1) is 11.9 Å². The fraction of sp³-hybridized carbons (Fsp3) is 0.391. The van der Waals surface area contributed by atoms with Crippen LogP contribution in [-0.4, -0.2) is 57.3 Å². The summed E-state index contributed by atoms with van der Waals surface area (Å²) in [4.78, 5) is 27.7. The molecule has 1 heterocycles. The topological polar surface area (TPSA) is 105 Å². The molecule has 34 heavy (non-hydrogen) atoms. The SMILES string of the molecule is CCNC(=O)[C@@H](CC)N(Cc1ccc(Cl)cc1)C(=O)CN(c1ccc2c(c1)OCO2)S(C)(=O)=O. The van der Waals surface area contributed by atoms with Gasteiger partial charge in [-0.25, -0.2) is 8.42 Å². The molecule has 2 aromatic carbocycles. The maximum atomic E-state index is 13.5. The lowest BCUT2D eigenvalue weighted by Crippen LogP contribution is -2.52. The van der Waals surface area contributed by atoms with Gasteiger partial charge in [-0.15, -0.1) is 0 Å². The number of carbonyl (C=O) groups excluding carboxylic acids is 2. The van der Waals surface area contributed by atoms with Crippen molar-refractivity contribution in [2.45, 2.75) is 32.9 Å². The van der Waals surface area contributed by atoms with Gasteiger partial charge in [-0.2, -0.15) is 0 Å². The van der Waals surface area contributed by atoms with Crippen molar-refractivity contribution in [2.24, 2.45) is 0 Å². The van der Waals surface area contributed by atoms with Gasteiger partial charge in [-0.3, -0.25) is 13.9 Å². The molecule has 1 N–H and O–H groups in total. The number of benzene rings is 2. The summed E-state index contributed by atoms with van der Waals surface area (Å²) in [5, 5.41) is 3.30. The molecule has 184 valence electrons. The van der Waals surface area contributed by atoms with Gasteiger partial charge in [0.2, 0.25) is 28.6 Å². The van der Waals surface area contributed by atoms with Crippen LogP contribution in [0.4, 0.5) is 5.69 Å². The second-order valence-electron chi connectivity index (χ2n) is 7.77. The third kappa shape index (κ3) is 6.12. The van der Waals surface area contributed by atoms with Crippen LogP contribution in [0.5, 0.6) is 11.5 Å². The Hall–Kier alpha value is -2.98. The minimum absolute atomic E-state index is 0.0379. The number of ether oxygens (including phenoxy) is 2. The Labute approximate surface area is 204 Å². The van der Waals surface area contributed by atoms with E-state index in [1.807, 2.05) is 0 Å². The molecular formula is C23H28ClN3O6S. The molecule has 0 saturated heterocycles. The minimum atomic E-state index is -3.83. The van der Waals surface area contributed by atoms with E-state index in [0.717, 1.165) is 16.1 Å². The van der Waals surface area contributed by atoms with Crippen LogP contribution in [0, 0.1) is 0 Å². The van der Waals surface area contributed by atoms with Crippen LogP contribution in [0.1, 0.15) is 25.8 Å². The van der Waals surface area contributed by atoms with E-state index in [2.05, 4.69) is 5.32 Å². The molecule has 0 bridgehead atoms. The largest absolute Gasteiger partial charge is 0.454 e. The highest BCUT2D eigenvalue weighted by atomic mass is 35.5. The summed E-state index contributed by atoms with van der Waals surface area (Å²) in [6.07, 6.45) is 1.38. The Morgan fingerprint density at radius 1 is 1.09 bits per heavy atom. The highest BCUT2D eigenvalue weighted by Gasteiger charge is 2.32. The molecular weight excluding hydrogens is 482 g/mol. The highest BCUT2D eigenvalue weighted by Crippen LogP contribution is 2.36. The number of fused-ring (bicyclic) bond motifs is 1. The molecule has 11 heteroatoms. The number of anilines is 1. The number of amides is 2. The Morgan fingerprint density at radius 3 is 2.38 bits per heavy atom. The first-order chi connectivity index (χ1) is 16.1. The van der Waals surface area contributed by atoms with Crippen molar-refractivity contribution in [1.82, 2.24) is 10.2 Å². The predicted octanol–water partition coefficient (Wildman–Crippen LogP) is 2.78. The standard InChI is InChI=1S/C23H28ClN3O6S/c1-4-19(23(29)25-5-2)26(13-16-6-8-17(24)9-7-16)22(28)14-27(34(3,30)31)18-10-11-20-21(12-18)33-15-32-20/h6-12,19H,4-5,13-15H2,1-3H3,(H,25,29)/t19-/m1/s1. The summed E-state index contributed by atoms with van der Waals surface area (Å²) >= 11 is 5.98. The van der Waals surface area contributed by atoms with Crippen molar-refractivity contribution in [3.05, 3.63) is 53.1 Å². The Bertz CT molecular complexity index is 1140. The fourth-order valence-electron chi connectivity index (χ4n) is 3.65. The molecule has 3 rings (SSSR count). The van der Waals surface area contributed by atoms with E-state index in [4.69, 9.17) is 21.1 Å². The summed E-state index contributed by atoms with van der Waals surface area (Å²) in [5.74, 6) is 0.0676. The van der Waals surface area contributed by atoms with Crippen molar-refractivity contribution in [3.8, 4) is 11.5 Å². The van der Waals surface area contributed by atoms with Gasteiger partial charge in [-0.05, 0) is 43.2 Å². The average Bonchev–Trinajstić information content (AvgIpc) is 3.26. The van der Waals surface area contributed by atoms with Crippen LogP contribution in [0.2, 0.25) is 5.02 Å². The normalized spacial score (nSPS) is 13.3. The van der Waals surface area contributed by atoms with Crippen molar-refractivity contribution < 1.29 is 27.5 Å². The van der Waals surface area contributed by atoms with E-state index < -0.39 is 28.5 Å².